The van der Waals surface area contributed by atoms with E-state index in [0.29, 0.717) is 43.5 Å². The summed E-state index contributed by atoms with van der Waals surface area (Å²) in [5.41, 5.74) is 0.641. The van der Waals surface area contributed by atoms with Crippen LogP contribution in [0.15, 0.2) is 29.3 Å². The zero-order valence-corrected chi connectivity index (χ0v) is 16.0. The third-order valence-corrected chi connectivity index (χ3v) is 4.86. The summed E-state index contributed by atoms with van der Waals surface area (Å²) in [4.78, 5) is 44.5. The lowest BCUT2D eigenvalue weighted by atomic mass is 9.90. The van der Waals surface area contributed by atoms with Gasteiger partial charge in [0.1, 0.15) is 11.8 Å². The number of aliphatic imine (C=N–C) groups is 1. The molecule has 0 unspecified atom stereocenters. The molecule has 1 N–H and O–H groups in total. The van der Waals surface area contributed by atoms with E-state index >= 15 is 0 Å². The minimum Gasteiger partial charge on any atom is -0.496 e. The number of carbonyl (C=O) groups is 3. The number of amides is 2. The highest BCUT2D eigenvalue weighted by atomic mass is 16.5. The molecule has 0 radical (unpaired) electrons. The first-order chi connectivity index (χ1) is 13.6. The second-order valence-corrected chi connectivity index (χ2v) is 6.49. The predicted octanol–water partition coefficient (Wildman–Crippen LogP) is 0.175. The van der Waals surface area contributed by atoms with Crippen molar-refractivity contribution in [1.82, 2.24) is 15.1 Å². The summed E-state index contributed by atoms with van der Waals surface area (Å²) in [6.45, 7) is 4.03. The third-order valence-electron chi connectivity index (χ3n) is 4.86. The Morgan fingerprint density at radius 1 is 1.29 bits per heavy atom. The summed E-state index contributed by atoms with van der Waals surface area (Å²) in [5.74, 6) is -1.24. The van der Waals surface area contributed by atoms with Crippen molar-refractivity contribution in [2.45, 2.75) is 13.0 Å². The van der Waals surface area contributed by atoms with Crippen molar-refractivity contribution >= 4 is 24.2 Å². The van der Waals surface area contributed by atoms with Crippen LogP contribution in [0.1, 0.15) is 18.5 Å². The topological polar surface area (TPSA) is 101 Å². The first-order valence-corrected chi connectivity index (χ1v) is 9.21. The number of nitrogens with one attached hydrogen (secondary N) is 1. The maximum atomic E-state index is 12.8. The molecule has 2 aliphatic heterocycles. The summed E-state index contributed by atoms with van der Waals surface area (Å²) in [5, 5.41) is 2.73. The number of nitrogens with zero attached hydrogens (tertiary/aromatic N) is 3. The van der Waals surface area contributed by atoms with Crippen LogP contribution in [0.4, 0.5) is 0 Å². The number of ether oxygens (including phenoxy) is 2. The van der Waals surface area contributed by atoms with Crippen molar-refractivity contribution in [1.29, 1.82) is 0 Å². The normalized spacial score (nSPS) is 22.2. The second kappa shape index (κ2) is 8.73. The van der Waals surface area contributed by atoms with Crippen LogP contribution in [0, 0.1) is 5.92 Å². The highest BCUT2D eigenvalue weighted by Crippen LogP contribution is 2.36. The summed E-state index contributed by atoms with van der Waals surface area (Å²) in [6, 6.07) is 6.42. The summed E-state index contributed by atoms with van der Waals surface area (Å²) >= 11 is 0. The van der Waals surface area contributed by atoms with Crippen LogP contribution in [0.5, 0.6) is 5.75 Å². The fourth-order valence-electron chi connectivity index (χ4n) is 3.40. The molecule has 28 heavy (non-hydrogen) atoms. The van der Waals surface area contributed by atoms with Gasteiger partial charge in [-0.25, -0.2) is 4.99 Å². The Hall–Kier alpha value is -3.10. The molecule has 9 heteroatoms. The molecule has 2 amide bonds. The molecule has 2 aliphatic rings. The average Bonchev–Trinajstić information content (AvgIpc) is 2.73. The number of methoxy groups -OCH3 is 1. The van der Waals surface area contributed by atoms with Crippen LogP contribution in [0.2, 0.25) is 0 Å². The molecule has 0 bridgehead atoms. The monoisotopic (exact) mass is 388 g/mol. The number of hydrogen-bond donors (Lipinski definition) is 1. The molecule has 1 saturated heterocycles. The molecular weight excluding hydrogens is 364 g/mol. The molecule has 0 saturated carbocycles. The average molecular weight is 388 g/mol. The van der Waals surface area contributed by atoms with E-state index in [1.165, 1.54) is 7.11 Å². The molecule has 0 spiro atoms. The van der Waals surface area contributed by atoms with Gasteiger partial charge in [-0.05, 0) is 13.0 Å². The number of benzene rings is 1. The van der Waals surface area contributed by atoms with E-state index < -0.39 is 23.8 Å². The largest absolute Gasteiger partial charge is 0.496 e. The molecule has 1 aromatic carbocycles. The smallest absolute Gasteiger partial charge is 0.321 e. The van der Waals surface area contributed by atoms with Gasteiger partial charge in [0.15, 0.2) is 5.92 Å². The lowest BCUT2D eigenvalue weighted by molar-refractivity contribution is -0.153. The maximum Gasteiger partial charge on any atom is 0.321 e. The van der Waals surface area contributed by atoms with Crippen LogP contribution in [-0.4, -0.2) is 73.9 Å². The van der Waals surface area contributed by atoms with E-state index in [2.05, 4.69) is 5.32 Å². The molecule has 1 aromatic rings. The molecule has 3 rings (SSSR count). The minimum absolute atomic E-state index is 0.172. The number of carbonyl (C=O) groups excluding carboxylic acids is 3. The van der Waals surface area contributed by atoms with Gasteiger partial charge in [0.05, 0.1) is 13.7 Å². The van der Waals surface area contributed by atoms with Crippen molar-refractivity contribution in [3.63, 3.8) is 0 Å². The summed E-state index contributed by atoms with van der Waals surface area (Å²) in [7, 11) is 1.53. The molecule has 150 valence electrons. The zero-order valence-electron chi connectivity index (χ0n) is 16.0. The van der Waals surface area contributed by atoms with Crippen molar-refractivity contribution in [2.24, 2.45) is 10.9 Å². The Kier molecular flexibility index (Phi) is 6.13. The molecule has 2 atom stereocenters. The third kappa shape index (κ3) is 3.92. The van der Waals surface area contributed by atoms with E-state index in [0.717, 1.165) is 6.41 Å². The van der Waals surface area contributed by atoms with Gasteiger partial charge in [-0.1, -0.05) is 18.2 Å². The number of guanidine groups is 1. The van der Waals surface area contributed by atoms with Gasteiger partial charge in [-0.3, -0.25) is 19.7 Å². The van der Waals surface area contributed by atoms with Crippen LogP contribution in [-0.2, 0) is 19.1 Å². The van der Waals surface area contributed by atoms with Crippen LogP contribution in [0.3, 0.4) is 0 Å². The molecular formula is C19H24N4O5. The predicted molar refractivity (Wildman–Crippen MR) is 101 cm³/mol. The minimum atomic E-state index is -1.10. The van der Waals surface area contributed by atoms with Gasteiger partial charge >= 0.3 is 5.97 Å². The van der Waals surface area contributed by atoms with Crippen molar-refractivity contribution in [2.75, 3.05) is 39.9 Å². The summed E-state index contributed by atoms with van der Waals surface area (Å²) in [6.07, 6.45) is 0.813. The Bertz CT molecular complexity index is 773. The first kappa shape index (κ1) is 19.7. The molecule has 0 aromatic heterocycles. The fourth-order valence-corrected chi connectivity index (χ4v) is 3.40. The van der Waals surface area contributed by atoms with Crippen LogP contribution >= 0.6 is 0 Å². The van der Waals surface area contributed by atoms with E-state index in [1.807, 2.05) is 17.0 Å². The number of esters is 1. The van der Waals surface area contributed by atoms with Crippen molar-refractivity contribution in [3.05, 3.63) is 29.8 Å². The van der Waals surface area contributed by atoms with Gasteiger partial charge in [-0.2, -0.15) is 0 Å². The quantitative estimate of drug-likeness (QED) is 0.439. The summed E-state index contributed by atoms with van der Waals surface area (Å²) < 4.78 is 10.5. The van der Waals surface area contributed by atoms with E-state index in [1.54, 1.807) is 24.0 Å². The van der Waals surface area contributed by atoms with Crippen LogP contribution < -0.4 is 10.1 Å². The van der Waals surface area contributed by atoms with E-state index in [9.17, 15) is 14.4 Å². The van der Waals surface area contributed by atoms with Crippen molar-refractivity contribution < 1.29 is 23.9 Å². The highest BCUT2D eigenvalue weighted by molar-refractivity contribution is 6.08. The van der Waals surface area contributed by atoms with Gasteiger partial charge in [-0.15, -0.1) is 0 Å². The molecule has 0 aliphatic carbocycles. The Morgan fingerprint density at radius 2 is 2.00 bits per heavy atom. The molecule has 9 nitrogen and oxygen atoms in total. The second-order valence-electron chi connectivity index (χ2n) is 6.49. The maximum absolute atomic E-state index is 12.8. The highest BCUT2D eigenvalue weighted by Gasteiger charge is 2.43. The Labute approximate surface area is 163 Å². The van der Waals surface area contributed by atoms with E-state index in [-0.39, 0.29) is 6.61 Å². The number of piperazine rings is 1. The van der Waals surface area contributed by atoms with Gasteiger partial charge in [0.2, 0.25) is 18.3 Å². The number of rotatable bonds is 5. The first-order valence-electron chi connectivity index (χ1n) is 9.21. The van der Waals surface area contributed by atoms with E-state index in [4.69, 9.17) is 14.5 Å². The number of para-hydroxylation sites is 1. The SMILES string of the molecule is CCOC(=O)[C@H]1C(=O)NC(N2CCN(C=O)CC2)=N[C@H]1c1ccccc1OC. The van der Waals surface area contributed by atoms with Gasteiger partial charge < -0.3 is 19.3 Å². The van der Waals surface area contributed by atoms with Gasteiger partial charge in [0.25, 0.3) is 0 Å². The Balaban J connectivity index is 1.96. The van der Waals surface area contributed by atoms with Gasteiger partial charge in [0, 0.05) is 31.7 Å². The number of hydrogen-bond acceptors (Lipinski definition) is 7. The fraction of sp³-hybridized carbons (Fsp3) is 0.474. The molecule has 1 fully saturated rings. The lowest BCUT2D eigenvalue weighted by Gasteiger charge is -2.37. The lowest BCUT2D eigenvalue weighted by Crippen LogP contribution is -2.57. The molecule has 2 heterocycles. The standard InChI is InChI=1S/C19H24N4O5/c1-3-28-18(26)15-16(13-6-4-5-7-14(13)27-2)20-19(21-17(15)25)23-10-8-22(12-24)9-11-23/h4-7,12,15-16H,3,8-11H2,1-2H3,(H,20,21,25)/t15-,16+/m1/s1. The Morgan fingerprint density at radius 3 is 2.64 bits per heavy atom. The van der Waals surface area contributed by atoms with Crippen LogP contribution in [0.25, 0.3) is 0 Å². The zero-order chi connectivity index (χ0) is 20.1. The van der Waals surface area contributed by atoms with Crippen molar-refractivity contribution in [3.8, 4) is 5.75 Å².